The third kappa shape index (κ3) is 7.05. The molecule has 1 aliphatic heterocycles. The number of halogens is 2. The van der Waals surface area contributed by atoms with E-state index in [1.165, 1.54) is 18.9 Å². The highest BCUT2D eigenvalue weighted by molar-refractivity contribution is 8.26. The zero-order valence-electron chi connectivity index (χ0n) is 19.7. The van der Waals surface area contributed by atoms with Gasteiger partial charge in [0.15, 0.2) is 18.1 Å². The molecule has 3 aromatic rings. The monoisotopic (exact) mass is 572 g/mol. The van der Waals surface area contributed by atoms with E-state index in [4.69, 9.17) is 44.9 Å². The summed E-state index contributed by atoms with van der Waals surface area (Å²) in [5.41, 5.74) is 2.37. The third-order valence-corrected chi connectivity index (χ3v) is 7.28. The van der Waals surface area contributed by atoms with Gasteiger partial charge in [0.05, 0.1) is 17.0 Å². The molecule has 1 N–H and O–H groups in total. The van der Waals surface area contributed by atoms with E-state index in [0.717, 1.165) is 5.56 Å². The topological polar surface area (TPSA) is 67.9 Å². The van der Waals surface area contributed by atoms with E-state index in [1.54, 1.807) is 47.4 Å². The lowest BCUT2D eigenvalue weighted by Crippen LogP contribution is -2.30. The molecule has 4 rings (SSSR count). The molecular weight excluding hydrogens is 551 g/mol. The second kappa shape index (κ2) is 12.5. The van der Waals surface area contributed by atoms with Crippen LogP contribution in [0.15, 0.2) is 71.6 Å². The van der Waals surface area contributed by atoms with Gasteiger partial charge in [-0.25, -0.2) is 0 Å². The Morgan fingerprint density at radius 3 is 2.54 bits per heavy atom. The molecule has 0 saturated carbocycles. The van der Waals surface area contributed by atoms with Crippen LogP contribution in [0.2, 0.25) is 10.0 Å². The fourth-order valence-corrected chi connectivity index (χ4v) is 5.27. The third-order valence-electron chi connectivity index (χ3n) is 5.37. The number of thiocarbonyl (C=S) groups is 1. The maximum Gasteiger partial charge on any atom is 0.266 e. The molecule has 0 bridgehead atoms. The first-order valence-corrected chi connectivity index (χ1v) is 13.2. The SMILES string of the molecule is COc1cc(/C=C2\SC(=S)N(CCc3ccccc3)C2=O)cc(Cl)c1OCC(=O)Nc1ccc(Cl)cc1. The van der Waals surface area contributed by atoms with Gasteiger partial charge in [0.2, 0.25) is 0 Å². The molecule has 10 heteroatoms. The number of nitrogens with one attached hydrogen (secondary N) is 1. The Bertz CT molecular complexity index is 1350. The van der Waals surface area contributed by atoms with E-state index in [-0.39, 0.29) is 29.2 Å². The predicted octanol–water partition coefficient (Wildman–Crippen LogP) is 6.46. The van der Waals surface area contributed by atoms with Crippen molar-refractivity contribution in [2.75, 3.05) is 25.6 Å². The average molecular weight is 574 g/mol. The number of hydrogen-bond acceptors (Lipinski definition) is 6. The first-order valence-electron chi connectivity index (χ1n) is 11.2. The number of nitrogens with zero attached hydrogens (tertiary/aromatic N) is 1. The molecule has 190 valence electrons. The molecule has 0 spiro atoms. The summed E-state index contributed by atoms with van der Waals surface area (Å²) in [5, 5.41) is 3.53. The molecule has 0 aliphatic carbocycles. The van der Waals surface area contributed by atoms with Crippen LogP contribution in [0.5, 0.6) is 11.5 Å². The van der Waals surface area contributed by atoms with Crippen LogP contribution in [0, 0.1) is 0 Å². The van der Waals surface area contributed by atoms with Gasteiger partial charge in [-0.2, -0.15) is 0 Å². The summed E-state index contributed by atoms with van der Waals surface area (Å²) in [4.78, 5) is 27.4. The number of anilines is 1. The van der Waals surface area contributed by atoms with Gasteiger partial charge in [0.1, 0.15) is 4.32 Å². The van der Waals surface area contributed by atoms with Crippen molar-refractivity contribution in [1.82, 2.24) is 4.90 Å². The molecule has 1 fully saturated rings. The molecule has 1 heterocycles. The molecular formula is C27H22Cl2N2O4S2. The van der Waals surface area contributed by atoms with Crippen molar-refractivity contribution in [1.29, 1.82) is 0 Å². The highest BCUT2D eigenvalue weighted by Crippen LogP contribution is 2.39. The van der Waals surface area contributed by atoms with Crippen molar-refractivity contribution < 1.29 is 19.1 Å². The molecule has 1 aliphatic rings. The molecule has 37 heavy (non-hydrogen) atoms. The lowest BCUT2D eigenvalue weighted by molar-refractivity contribution is -0.122. The normalized spacial score (nSPS) is 14.2. The van der Waals surface area contributed by atoms with Crippen molar-refractivity contribution in [3.05, 3.63) is 92.8 Å². The van der Waals surface area contributed by atoms with E-state index < -0.39 is 0 Å². The number of carbonyl (C=O) groups excluding carboxylic acids is 2. The summed E-state index contributed by atoms with van der Waals surface area (Å²) in [6.45, 7) is 0.221. The number of methoxy groups -OCH3 is 1. The van der Waals surface area contributed by atoms with Crippen LogP contribution < -0.4 is 14.8 Å². The number of amides is 2. The Balaban J connectivity index is 1.42. The summed E-state index contributed by atoms with van der Waals surface area (Å²) in [5.74, 6) is 0.0319. The summed E-state index contributed by atoms with van der Waals surface area (Å²) < 4.78 is 11.6. The van der Waals surface area contributed by atoms with Crippen molar-refractivity contribution in [3.63, 3.8) is 0 Å². The molecule has 1 saturated heterocycles. The summed E-state index contributed by atoms with van der Waals surface area (Å²) in [6.07, 6.45) is 2.42. The Morgan fingerprint density at radius 2 is 1.84 bits per heavy atom. The predicted molar refractivity (Wildman–Crippen MR) is 154 cm³/mol. The highest BCUT2D eigenvalue weighted by atomic mass is 35.5. The number of benzene rings is 3. The van der Waals surface area contributed by atoms with Gasteiger partial charge in [0.25, 0.3) is 11.8 Å². The van der Waals surface area contributed by atoms with Crippen LogP contribution in [-0.4, -0.2) is 41.3 Å². The van der Waals surface area contributed by atoms with E-state index in [2.05, 4.69) is 5.32 Å². The minimum Gasteiger partial charge on any atom is -0.493 e. The standard InChI is InChI=1S/C27H22Cl2N2O4S2/c1-34-22-14-18(13-21(29)25(22)35-16-24(32)30-20-9-7-19(28)8-10-20)15-23-26(33)31(27(36)37-23)12-11-17-5-3-2-4-6-17/h2-10,13-15H,11-12,16H2,1H3,(H,30,32)/b23-15-. The average Bonchev–Trinajstić information content (AvgIpc) is 3.15. The van der Waals surface area contributed by atoms with Crippen molar-refractivity contribution >= 4 is 75.1 Å². The first kappa shape index (κ1) is 27.0. The molecule has 6 nitrogen and oxygen atoms in total. The minimum atomic E-state index is -0.372. The van der Waals surface area contributed by atoms with Gasteiger partial charge < -0.3 is 14.8 Å². The van der Waals surface area contributed by atoms with Gasteiger partial charge in [-0.05, 0) is 60.0 Å². The number of carbonyl (C=O) groups is 2. The minimum absolute atomic E-state index is 0.153. The number of ether oxygens (including phenoxy) is 2. The van der Waals surface area contributed by atoms with Crippen LogP contribution >= 0.6 is 47.2 Å². The van der Waals surface area contributed by atoms with Gasteiger partial charge in [-0.15, -0.1) is 0 Å². The zero-order chi connectivity index (χ0) is 26.4. The maximum absolute atomic E-state index is 13.0. The van der Waals surface area contributed by atoms with E-state index >= 15 is 0 Å². The maximum atomic E-state index is 13.0. The van der Waals surface area contributed by atoms with Crippen molar-refractivity contribution in [3.8, 4) is 11.5 Å². The number of thioether (sulfide) groups is 1. The largest absolute Gasteiger partial charge is 0.493 e. The number of hydrogen-bond donors (Lipinski definition) is 1. The van der Waals surface area contributed by atoms with E-state index in [0.29, 0.717) is 44.2 Å². The van der Waals surface area contributed by atoms with E-state index in [1.807, 2.05) is 30.3 Å². The molecule has 2 amide bonds. The van der Waals surface area contributed by atoms with Crippen LogP contribution in [-0.2, 0) is 16.0 Å². The van der Waals surface area contributed by atoms with E-state index in [9.17, 15) is 9.59 Å². The van der Waals surface area contributed by atoms with Crippen LogP contribution in [0.4, 0.5) is 5.69 Å². The van der Waals surface area contributed by atoms with Crippen molar-refractivity contribution in [2.45, 2.75) is 6.42 Å². The van der Waals surface area contributed by atoms with Gasteiger partial charge in [-0.3, -0.25) is 14.5 Å². The number of rotatable bonds is 9. The quantitative estimate of drug-likeness (QED) is 0.234. The lowest BCUT2D eigenvalue weighted by atomic mass is 10.1. The highest BCUT2D eigenvalue weighted by Gasteiger charge is 2.31. The van der Waals surface area contributed by atoms with Crippen LogP contribution in [0.3, 0.4) is 0 Å². The lowest BCUT2D eigenvalue weighted by Gasteiger charge is -2.14. The fourth-order valence-electron chi connectivity index (χ4n) is 3.56. The molecule has 3 aromatic carbocycles. The molecule has 0 atom stereocenters. The summed E-state index contributed by atoms with van der Waals surface area (Å²) in [6, 6.07) is 20.0. The zero-order valence-corrected chi connectivity index (χ0v) is 22.8. The Kier molecular flexibility index (Phi) is 9.10. The van der Waals surface area contributed by atoms with Gasteiger partial charge >= 0.3 is 0 Å². The fraction of sp³-hybridized carbons (Fsp3) is 0.148. The van der Waals surface area contributed by atoms with Gasteiger partial charge in [-0.1, -0.05) is 77.5 Å². The van der Waals surface area contributed by atoms with Crippen LogP contribution in [0.25, 0.3) is 6.08 Å². The van der Waals surface area contributed by atoms with Gasteiger partial charge in [0, 0.05) is 17.3 Å². The molecule has 0 unspecified atom stereocenters. The molecule has 0 aromatic heterocycles. The Labute approximate surface area is 234 Å². The smallest absolute Gasteiger partial charge is 0.266 e. The summed E-state index contributed by atoms with van der Waals surface area (Å²) in [7, 11) is 1.47. The summed E-state index contributed by atoms with van der Waals surface area (Å²) >= 11 is 19.0. The first-order chi connectivity index (χ1) is 17.8. The van der Waals surface area contributed by atoms with Crippen molar-refractivity contribution in [2.24, 2.45) is 0 Å². The van der Waals surface area contributed by atoms with Crippen LogP contribution in [0.1, 0.15) is 11.1 Å². The second-order valence-electron chi connectivity index (χ2n) is 7.95. The second-order valence-corrected chi connectivity index (χ2v) is 10.5. The Hall–Kier alpha value is -3.04. The Morgan fingerprint density at radius 1 is 1.11 bits per heavy atom. The molecule has 0 radical (unpaired) electrons.